The number of hydrogen-bond acceptors (Lipinski definition) is 6. The summed E-state index contributed by atoms with van der Waals surface area (Å²) in [4.78, 5) is 62.0. The molecule has 0 aliphatic carbocycles. The monoisotopic (exact) mass is 371 g/mol. The second kappa shape index (κ2) is 12.2. The first-order chi connectivity index (χ1) is 9.89. The SMILES string of the molecule is C=C(C)C(=O)CC(=O)C(=O)O.C=C(C)C(=O)CC(=O)C(=O)O.[Co]. The summed E-state index contributed by atoms with van der Waals surface area (Å²) in [6.45, 7) is 9.40. The Balaban J connectivity index is -0.000000333. The summed E-state index contributed by atoms with van der Waals surface area (Å²) in [5, 5.41) is 16.2. The van der Waals surface area contributed by atoms with Gasteiger partial charge < -0.3 is 10.2 Å². The molecule has 0 rings (SSSR count). The number of aliphatic carboxylic acids is 2. The van der Waals surface area contributed by atoms with Crippen molar-refractivity contribution in [2.45, 2.75) is 26.7 Å². The van der Waals surface area contributed by atoms with E-state index in [1.807, 2.05) is 0 Å². The number of carboxylic acid groups (broad SMARTS) is 2. The topological polar surface area (TPSA) is 143 Å². The summed E-state index contributed by atoms with van der Waals surface area (Å²) in [5.41, 5.74) is 0.388. The minimum Gasteiger partial charge on any atom is -0.475 e. The Morgan fingerprint density at radius 2 is 0.870 bits per heavy atom. The number of carbonyl (C=O) groups excluding carboxylic acids is 4. The van der Waals surface area contributed by atoms with E-state index in [-0.39, 0.29) is 27.9 Å². The van der Waals surface area contributed by atoms with Gasteiger partial charge in [-0.2, -0.15) is 0 Å². The number of Topliss-reactive ketones (excluding diaryl/α,β-unsaturated/α-hetero) is 4. The normalized spacial score (nSPS) is 8.43. The number of rotatable bonds is 8. The molecular weight excluding hydrogens is 355 g/mol. The van der Waals surface area contributed by atoms with E-state index in [2.05, 4.69) is 13.2 Å². The van der Waals surface area contributed by atoms with Gasteiger partial charge in [0.05, 0.1) is 12.8 Å². The second-order valence-electron chi connectivity index (χ2n) is 4.22. The molecule has 0 heterocycles. The Hall–Kier alpha value is -2.39. The molecule has 129 valence electrons. The van der Waals surface area contributed by atoms with E-state index in [0.717, 1.165) is 0 Å². The van der Waals surface area contributed by atoms with Crippen molar-refractivity contribution in [3.8, 4) is 0 Å². The van der Waals surface area contributed by atoms with E-state index in [1.165, 1.54) is 13.8 Å². The van der Waals surface area contributed by atoms with Crippen LogP contribution in [0.1, 0.15) is 26.7 Å². The van der Waals surface area contributed by atoms with Crippen LogP contribution in [0.5, 0.6) is 0 Å². The van der Waals surface area contributed by atoms with Crippen LogP contribution in [0.4, 0.5) is 0 Å². The van der Waals surface area contributed by atoms with Crippen molar-refractivity contribution in [2.75, 3.05) is 0 Å². The fraction of sp³-hybridized carbons (Fsp3) is 0.286. The predicted octanol–water partition coefficient (Wildman–Crippen LogP) is 0.348. The van der Waals surface area contributed by atoms with Crippen LogP contribution in [-0.2, 0) is 45.5 Å². The number of ketones is 4. The summed E-state index contributed by atoms with van der Waals surface area (Å²) in [5.74, 6) is -6.43. The number of carbonyl (C=O) groups is 6. The number of hydrogen-bond donors (Lipinski definition) is 2. The van der Waals surface area contributed by atoms with Crippen LogP contribution in [0.25, 0.3) is 0 Å². The molecule has 0 spiro atoms. The van der Waals surface area contributed by atoms with Gasteiger partial charge in [0, 0.05) is 16.8 Å². The average molecular weight is 371 g/mol. The Bertz CT molecular complexity index is 461. The molecular formula is C14H16CoO8. The zero-order valence-corrected chi connectivity index (χ0v) is 13.5. The molecule has 2 N–H and O–H groups in total. The third-order valence-corrected chi connectivity index (χ3v) is 2.07. The zero-order chi connectivity index (χ0) is 18.0. The zero-order valence-electron chi connectivity index (χ0n) is 12.5. The van der Waals surface area contributed by atoms with Gasteiger partial charge in [-0.25, -0.2) is 9.59 Å². The summed E-state index contributed by atoms with van der Waals surface area (Å²) in [6.07, 6.45) is -1.19. The summed E-state index contributed by atoms with van der Waals surface area (Å²) < 4.78 is 0. The van der Waals surface area contributed by atoms with Gasteiger partial charge in [-0.3, -0.25) is 19.2 Å². The first-order valence-electron chi connectivity index (χ1n) is 5.79. The van der Waals surface area contributed by atoms with Crippen LogP contribution in [0.3, 0.4) is 0 Å². The van der Waals surface area contributed by atoms with Crippen LogP contribution >= 0.6 is 0 Å². The van der Waals surface area contributed by atoms with Crippen LogP contribution in [0.2, 0.25) is 0 Å². The van der Waals surface area contributed by atoms with E-state index >= 15 is 0 Å². The molecule has 0 aromatic heterocycles. The van der Waals surface area contributed by atoms with E-state index in [0.29, 0.717) is 0 Å². The number of allylic oxidation sites excluding steroid dienone is 2. The molecule has 23 heavy (non-hydrogen) atoms. The average Bonchev–Trinajstić information content (AvgIpc) is 2.38. The van der Waals surface area contributed by atoms with Gasteiger partial charge in [0.1, 0.15) is 0 Å². The van der Waals surface area contributed by atoms with Crippen molar-refractivity contribution < 1.29 is 55.8 Å². The van der Waals surface area contributed by atoms with Gasteiger partial charge in [-0.1, -0.05) is 13.2 Å². The van der Waals surface area contributed by atoms with Gasteiger partial charge in [0.15, 0.2) is 11.6 Å². The second-order valence-corrected chi connectivity index (χ2v) is 4.22. The summed E-state index contributed by atoms with van der Waals surface area (Å²) in [7, 11) is 0. The Labute approximate surface area is 142 Å². The van der Waals surface area contributed by atoms with Crippen LogP contribution < -0.4 is 0 Å². The van der Waals surface area contributed by atoms with E-state index < -0.39 is 47.9 Å². The first-order valence-corrected chi connectivity index (χ1v) is 5.79. The molecule has 8 nitrogen and oxygen atoms in total. The molecule has 0 aliphatic rings. The van der Waals surface area contributed by atoms with E-state index in [1.54, 1.807) is 0 Å². The molecule has 9 heteroatoms. The maximum atomic E-state index is 10.7. The van der Waals surface area contributed by atoms with Crippen molar-refractivity contribution in [3.63, 3.8) is 0 Å². The van der Waals surface area contributed by atoms with Gasteiger partial charge in [-0.05, 0) is 25.0 Å². The minimum atomic E-state index is -1.58. The Morgan fingerprint density at radius 1 is 0.652 bits per heavy atom. The molecule has 0 saturated carbocycles. The quantitative estimate of drug-likeness (QED) is 0.353. The van der Waals surface area contributed by atoms with E-state index in [4.69, 9.17) is 10.2 Å². The third-order valence-electron chi connectivity index (χ3n) is 2.07. The van der Waals surface area contributed by atoms with E-state index in [9.17, 15) is 28.8 Å². The standard InChI is InChI=1S/2C7H8O4.Co/c2*1-4(2)5(8)3-6(9)7(10)11;/h2*1,3H2,2H3,(H,10,11);. The third kappa shape index (κ3) is 13.0. The molecule has 0 fully saturated rings. The molecule has 0 bridgehead atoms. The van der Waals surface area contributed by atoms with Crippen molar-refractivity contribution in [1.29, 1.82) is 0 Å². The number of carboxylic acids is 2. The Morgan fingerprint density at radius 3 is 1.00 bits per heavy atom. The maximum absolute atomic E-state index is 10.7. The fourth-order valence-corrected chi connectivity index (χ4v) is 0.745. The van der Waals surface area contributed by atoms with Gasteiger partial charge in [0.2, 0.25) is 11.6 Å². The van der Waals surface area contributed by atoms with Crippen molar-refractivity contribution in [2.24, 2.45) is 0 Å². The van der Waals surface area contributed by atoms with Crippen LogP contribution in [0.15, 0.2) is 24.3 Å². The fourth-order valence-electron chi connectivity index (χ4n) is 0.745. The molecule has 1 radical (unpaired) electrons. The molecule has 0 aromatic rings. The largest absolute Gasteiger partial charge is 0.475 e. The smallest absolute Gasteiger partial charge is 0.372 e. The molecule has 0 aromatic carbocycles. The first kappa shape index (κ1) is 25.6. The molecule has 0 amide bonds. The molecule has 0 saturated heterocycles. The van der Waals surface area contributed by atoms with Gasteiger partial charge in [0.25, 0.3) is 0 Å². The maximum Gasteiger partial charge on any atom is 0.372 e. The van der Waals surface area contributed by atoms with Crippen molar-refractivity contribution in [3.05, 3.63) is 24.3 Å². The molecule has 0 aliphatic heterocycles. The summed E-state index contributed by atoms with van der Waals surface area (Å²) in [6, 6.07) is 0. The van der Waals surface area contributed by atoms with Gasteiger partial charge in [-0.15, -0.1) is 0 Å². The van der Waals surface area contributed by atoms with Crippen molar-refractivity contribution in [1.82, 2.24) is 0 Å². The van der Waals surface area contributed by atoms with Crippen molar-refractivity contribution >= 4 is 35.1 Å². The molecule has 0 unspecified atom stereocenters. The Kier molecular flexibility index (Phi) is 13.5. The van der Waals surface area contributed by atoms with Crippen LogP contribution in [0, 0.1) is 0 Å². The predicted molar refractivity (Wildman–Crippen MR) is 74.2 cm³/mol. The van der Waals surface area contributed by atoms with Gasteiger partial charge >= 0.3 is 11.9 Å². The van der Waals surface area contributed by atoms with Crippen LogP contribution in [-0.4, -0.2) is 45.3 Å². The molecule has 0 atom stereocenters. The summed E-state index contributed by atoms with van der Waals surface area (Å²) >= 11 is 0. The minimum absolute atomic E-state index is 0.